The number of amides is 5. The summed E-state index contributed by atoms with van der Waals surface area (Å²) in [4.78, 5) is 118. The Balaban J connectivity index is 0.893. The van der Waals surface area contributed by atoms with Gasteiger partial charge in [-0.2, -0.15) is 0 Å². The minimum absolute atomic E-state index is 0.00488. The van der Waals surface area contributed by atoms with E-state index in [-0.39, 0.29) is 140 Å². The number of hydrogen-bond acceptors (Lipinski definition) is 42. The van der Waals surface area contributed by atoms with Crippen molar-refractivity contribution in [2.75, 3.05) is 160 Å². The van der Waals surface area contributed by atoms with Crippen LogP contribution in [0.3, 0.4) is 0 Å². The third kappa shape index (κ3) is 30.7. The lowest BCUT2D eigenvalue weighted by molar-refractivity contribution is -0.326. The number of ether oxygens (including phenoxy) is 19. The van der Waals surface area contributed by atoms with Crippen LogP contribution in [0.1, 0.15) is 79.0 Å². The summed E-state index contributed by atoms with van der Waals surface area (Å²) < 4.78 is 106. The lowest BCUT2D eigenvalue weighted by Gasteiger charge is -2.45. The number of nitrogens with one attached hydrogen (secondary N) is 5. The van der Waals surface area contributed by atoms with Gasteiger partial charge in [0, 0.05) is 63.2 Å². The maximum atomic E-state index is 13.8. The van der Waals surface area contributed by atoms with Crippen molar-refractivity contribution in [1.29, 1.82) is 0 Å². The standard InChI is InChI=1S/C76H121N5O42/c1-6-15-109-20-22-111-24-25-112-23-21-110-16-9-54(86)79-12-17-113-39-27-37(67(99)80-10-7-52(84)77-13-18-114-73-63(95)61(93)57(89)50(122-73)35-116-44-29-40(69(101)105-2)42(71(103)107-4)31-46(44)118-75-65(97)59(91)55(87)48(33-82)120-75)26-38(28-39)68(100)81-11-8-53(85)78-14-19-115-74-64(96)62(94)58(90)51(123-74)36-117-45-30-41(70(102)106-3)43(72(104)108-5)32-47(45)119-76-66(98)60(92)56(88)49(34-83)121-76/h26-28,40-51,55-66,73-76,82-83,87-98H,6-25,29-36H2,1-5H3,(H,77,84)(H,78,85)(H,79,86)(H,80,99)(H,81,100)/t40?,41?,42-,43-,44-,45-,46?,47?,48?,49?,50?,51?,55+,56+,57+,58+,59-,60-,61-,62-,63?,64?,65?,66?,73-,74-,75+,76+/m0/s1. The Kier molecular flexibility index (Phi) is 44.5. The molecule has 4 saturated heterocycles. The molecule has 0 bridgehead atoms. The first-order valence-corrected chi connectivity index (χ1v) is 40.5. The van der Waals surface area contributed by atoms with E-state index in [4.69, 9.17) is 90.0 Å². The Morgan fingerprint density at radius 2 is 0.659 bits per heavy atom. The average molecular weight is 1780 g/mol. The molecule has 702 valence electrons. The molecule has 0 radical (unpaired) electrons. The van der Waals surface area contributed by atoms with E-state index in [1.54, 1.807) is 0 Å². The van der Waals surface area contributed by atoms with E-state index >= 15 is 0 Å². The summed E-state index contributed by atoms with van der Waals surface area (Å²) in [6.07, 6.45) is -40.8. The number of aliphatic hydroxyl groups is 14. The molecule has 0 spiro atoms. The molecule has 47 heteroatoms. The summed E-state index contributed by atoms with van der Waals surface area (Å²) in [5, 5.41) is 161. The molecule has 1 aromatic rings. The topological polar surface area (TPSA) is 672 Å². The predicted molar refractivity (Wildman–Crippen MR) is 406 cm³/mol. The van der Waals surface area contributed by atoms with Crippen LogP contribution in [0.15, 0.2) is 18.2 Å². The molecule has 0 aromatic heterocycles. The Hall–Kier alpha value is -6.87. The van der Waals surface area contributed by atoms with Gasteiger partial charge in [0.05, 0.1) is 169 Å². The van der Waals surface area contributed by atoms with Crippen molar-refractivity contribution in [2.45, 2.75) is 206 Å². The second-order valence-electron chi connectivity index (χ2n) is 29.6. The van der Waals surface area contributed by atoms with Gasteiger partial charge in [-0.25, -0.2) is 0 Å². The number of carbonyl (C=O) groups is 9. The van der Waals surface area contributed by atoms with Crippen LogP contribution >= 0.6 is 0 Å². The highest BCUT2D eigenvalue weighted by Gasteiger charge is 2.55. The fraction of sp³-hybridized carbons (Fsp3) is 0.803. The summed E-state index contributed by atoms with van der Waals surface area (Å²) in [5.74, 6) is -11.4. The van der Waals surface area contributed by atoms with Crippen molar-refractivity contribution in [3.8, 4) is 5.75 Å². The molecule has 5 amide bonds. The third-order valence-electron chi connectivity index (χ3n) is 21.1. The third-order valence-corrected chi connectivity index (χ3v) is 21.1. The minimum atomic E-state index is -1.91. The van der Waals surface area contributed by atoms with Gasteiger partial charge < -0.3 is 188 Å². The number of methoxy groups -OCH3 is 4. The van der Waals surface area contributed by atoms with Crippen LogP contribution in [0, 0.1) is 23.7 Å². The highest BCUT2D eigenvalue weighted by Crippen LogP contribution is 2.41. The highest BCUT2D eigenvalue weighted by molar-refractivity contribution is 6.00. The van der Waals surface area contributed by atoms with E-state index in [9.17, 15) is 115 Å². The zero-order chi connectivity index (χ0) is 90.0. The molecule has 19 N–H and O–H groups in total. The van der Waals surface area contributed by atoms with Crippen molar-refractivity contribution >= 4 is 53.4 Å². The monoisotopic (exact) mass is 1780 g/mol. The van der Waals surface area contributed by atoms with Crippen molar-refractivity contribution < 1.29 is 205 Å². The number of rotatable bonds is 50. The molecule has 4 aliphatic heterocycles. The SMILES string of the molecule is CCCOCCOCCOCCOCCC(=O)NCCOc1cc(C(=O)NCCC(=O)NCCO[C@H]2OC(CO[C@H]3CC(C(=O)OC)[C@@H](C(=O)OC)CC3O[C@@H]3OC(CO)[C@@H](O)[C@H](O)C3O)[C@@H](O)[C@H](O)C2O)cc(C(=O)NCCC(=O)NCCO[C@H]2OC(CO[C@H]3CC(C(=O)OC)[C@@H](C(=O)OC)CC3O[C@@H]3OC(CO)[C@@H](O)[C@H](O)C3O)[C@@H](O)[C@H](O)C2O)c1. The Bertz CT molecular complexity index is 3220. The molecule has 47 nitrogen and oxygen atoms in total. The summed E-state index contributed by atoms with van der Waals surface area (Å²) in [6, 6.07) is 3.78. The van der Waals surface area contributed by atoms with E-state index in [1.807, 2.05) is 6.92 Å². The maximum Gasteiger partial charge on any atom is 0.309 e. The first kappa shape index (κ1) is 103. The molecular formula is C76H121N5O42. The van der Waals surface area contributed by atoms with E-state index < -0.39 is 245 Å². The average Bonchev–Trinajstić information content (AvgIpc) is 0.785. The zero-order valence-corrected chi connectivity index (χ0v) is 68.9. The summed E-state index contributed by atoms with van der Waals surface area (Å²) >= 11 is 0. The molecule has 123 heavy (non-hydrogen) atoms. The van der Waals surface area contributed by atoms with Crippen molar-refractivity contribution in [3.63, 3.8) is 0 Å². The second kappa shape index (κ2) is 53.1. The number of benzene rings is 1. The van der Waals surface area contributed by atoms with Crippen LogP contribution in [-0.4, -0.2) is 432 Å². The number of aliphatic hydroxyl groups excluding tert-OH is 14. The van der Waals surface area contributed by atoms with E-state index in [1.165, 1.54) is 18.2 Å². The van der Waals surface area contributed by atoms with Gasteiger partial charge in [-0.1, -0.05) is 6.92 Å². The highest BCUT2D eigenvalue weighted by atomic mass is 16.7. The van der Waals surface area contributed by atoms with Gasteiger partial charge >= 0.3 is 23.9 Å². The first-order valence-electron chi connectivity index (χ1n) is 40.5. The van der Waals surface area contributed by atoms with Crippen LogP contribution < -0.4 is 31.3 Å². The fourth-order valence-corrected chi connectivity index (χ4v) is 14.2. The van der Waals surface area contributed by atoms with Gasteiger partial charge in [-0.15, -0.1) is 0 Å². The van der Waals surface area contributed by atoms with Crippen LogP contribution in [0.2, 0.25) is 0 Å². The smallest absolute Gasteiger partial charge is 0.309 e. The van der Waals surface area contributed by atoms with Gasteiger partial charge in [-0.05, 0) is 50.3 Å². The normalized spacial score (nSPS) is 32.7. The quantitative estimate of drug-likeness (QED) is 0.0164. The van der Waals surface area contributed by atoms with E-state index in [0.29, 0.717) is 33.0 Å². The van der Waals surface area contributed by atoms with Gasteiger partial charge in [0.25, 0.3) is 11.8 Å². The number of carbonyl (C=O) groups excluding carboxylic acids is 9. The Labute approximate surface area is 706 Å². The molecule has 2 saturated carbocycles. The van der Waals surface area contributed by atoms with Crippen LogP contribution in [0.25, 0.3) is 0 Å². The van der Waals surface area contributed by atoms with E-state index in [0.717, 1.165) is 34.9 Å². The molecule has 28 atom stereocenters. The Morgan fingerprint density at radius 1 is 0.341 bits per heavy atom. The van der Waals surface area contributed by atoms with Crippen LogP contribution in [-0.2, 0) is 119 Å². The molecular weight excluding hydrogens is 1650 g/mol. The molecule has 4 heterocycles. The van der Waals surface area contributed by atoms with Crippen molar-refractivity contribution in [3.05, 3.63) is 29.3 Å². The largest absolute Gasteiger partial charge is 0.492 e. The predicted octanol–water partition coefficient (Wildman–Crippen LogP) is -9.95. The molecule has 2 aliphatic carbocycles. The summed E-state index contributed by atoms with van der Waals surface area (Å²) in [7, 11) is 4.33. The molecule has 1 aromatic carbocycles. The first-order chi connectivity index (χ1) is 58.9. The van der Waals surface area contributed by atoms with Gasteiger partial charge in [0.2, 0.25) is 17.7 Å². The van der Waals surface area contributed by atoms with Gasteiger partial charge in [0.1, 0.15) is 110 Å². The second-order valence-corrected chi connectivity index (χ2v) is 29.6. The van der Waals surface area contributed by atoms with Crippen LogP contribution in [0.4, 0.5) is 0 Å². The lowest BCUT2D eigenvalue weighted by atomic mass is 9.76. The maximum absolute atomic E-state index is 13.8. The molecule has 7 rings (SSSR count). The molecule has 12 unspecified atom stereocenters. The van der Waals surface area contributed by atoms with Gasteiger partial charge in [-0.3, -0.25) is 43.2 Å². The van der Waals surface area contributed by atoms with Gasteiger partial charge in [0.15, 0.2) is 25.2 Å². The van der Waals surface area contributed by atoms with E-state index in [2.05, 4.69) is 26.6 Å². The van der Waals surface area contributed by atoms with Crippen LogP contribution in [0.5, 0.6) is 5.75 Å². The zero-order valence-electron chi connectivity index (χ0n) is 68.9. The summed E-state index contributed by atoms with van der Waals surface area (Å²) in [6.45, 7) is 0.0970. The number of hydrogen-bond donors (Lipinski definition) is 19. The summed E-state index contributed by atoms with van der Waals surface area (Å²) in [5.41, 5.74) is -0.263. The van der Waals surface area contributed by atoms with Crippen molar-refractivity contribution in [1.82, 2.24) is 26.6 Å². The molecule has 6 aliphatic rings. The molecule has 6 fully saturated rings. The lowest BCUT2D eigenvalue weighted by Crippen LogP contribution is -2.61. The Morgan fingerprint density at radius 3 is 1.02 bits per heavy atom. The fourth-order valence-electron chi connectivity index (χ4n) is 14.2. The van der Waals surface area contributed by atoms with Crippen molar-refractivity contribution in [2.24, 2.45) is 23.7 Å². The minimum Gasteiger partial charge on any atom is -0.492 e. The number of esters is 4.